The summed E-state index contributed by atoms with van der Waals surface area (Å²) in [6, 6.07) is 13.5. The quantitative estimate of drug-likeness (QED) is 0.523. The van der Waals surface area contributed by atoms with Gasteiger partial charge in [0.1, 0.15) is 5.82 Å². The number of fused-ring (bicyclic) bond motifs is 1. The summed E-state index contributed by atoms with van der Waals surface area (Å²) >= 11 is 0. The number of benzene rings is 2. The molecule has 0 spiro atoms. The number of nitro benzene ring substituents is 1. The Kier molecular flexibility index (Phi) is 4.97. The number of non-ortho nitro benzene ring substituents is 1. The van der Waals surface area contributed by atoms with Gasteiger partial charge >= 0.3 is 0 Å². The Hall–Kier alpha value is -3.22. The molecule has 26 heavy (non-hydrogen) atoms. The fraction of sp³-hybridized carbons (Fsp3) is 0.263. The topological polar surface area (TPSA) is 101 Å². The third-order valence-corrected chi connectivity index (χ3v) is 4.20. The second-order valence-electron chi connectivity index (χ2n) is 6.53. The Labute approximate surface area is 150 Å². The minimum Gasteiger partial charge on any atom is -0.346 e. The number of aromatic amines is 1. The molecule has 134 valence electrons. The summed E-state index contributed by atoms with van der Waals surface area (Å²) in [5, 5.41) is 13.7. The number of nitrogens with one attached hydrogen (secondary N) is 2. The van der Waals surface area contributed by atoms with Crippen LogP contribution in [0.25, 0.3) is 11.0 Å². The van der Waals surface area contributed by atoms with Gasteiger partial charge in [0.2, 0.25) is 5.91 Å². The van der Waals surface area contributed by atoms with Crippen LogP contribution in [-0.4, -0.2) is 20.8 Å². The van der Waals surface area contributed by atoms with Crippen LogP contribution < -0.4 is 5.32 Å². The van der Waals surface area contributed by atoms with Gasteiger partial charge in [0.25, 0.3) is 5.69 Å². The zero-order valence-corrected chi connectivity index (χ0v) is 14.6. The largest absolute Gasteiger partial charge is 0.346 e. The number of nitrogens with zero attached hydrogens (tertiary/aromatic N) is 2. The lowest BCUT2D eigenvalue weighted by Crippen LogP contribution is -2.33. The van der Waals surface area contributed by atoms with E-state index >= 15 is 0 Å². The highest BCUT2D eigenvalue weighted by Crippen LogP contribution is 2.22. The summed E-state index contributed by atoms with van der Waals surface area (Å²) in [4.78, 5) is 30.5. The van der Waals surface area contributed by atoms with Crippen molar-refractivity contribution in [2.45, 2.75) is 26.3 Å². The predicted molar refractivity (Wildman–Crippen MR) is 98.6 cm³/mol. The van der Waals surface area contributed by atoms with Crippen LogP contribution >= 0.6 is 0 Å². The second kappa shape index (κ2) is 7.35. The van der Waals surface area contributed by atoms with Gasteiger partial charge in [-0.25, -0.2) is 4.98 Å². The van der Waals surface area contributed by atoms with Crippen LogP contribution in [0.2, 0.25) is 0 Å². The molecule has 3 rings (SSSR count). The SMILES string of the molecule is CC(C)C(NC(=O)Cc1ccc([N+](=O)[O-])cc1)c1nc2ccccc2[nH]1. The minimum absolute atomic E-state index is 0.0106. The minimum atomic E-state index is -0.458. The van der Waals surface area contributed by atoms with Crippen LogP contribution in [0.4, 0.5) is 5.69 Å². The van der Waals surface area contributed by atoms with Gasteiger partial charge < -0.3 is 10.3 Å². The number of rotatable bonds is 6. The van der Waals surface area contributed by atoms with Gasteiger partial charge in [-0.3, -0.25) is 14.9 Å². The van der Waals surface area contributed by atoms with Gasteiger partial charge in [-0.05, 0) is 23.6 Å². The van der Waals surface area contributed by atoms with Crippen molar-refractivity contribution in [2.75, 3.05) is 0 Å². The first-order valence-electron chi connectivity index (χ1n) is 8.41. The van der Waals surface area contributed by atoms with E-state index < -0.39 is 4.92 Å². The van der Waals surface area contributed by atoms with E-state index in [-0.39, 0.29) is 30.0 Å². The van der Waals surface area contributed by atoms with Gasteiger partial charge in [-0.2, -0.15) is 0 Å². The summed E-state index contributed by atoms with van der Waals surface area (Å²) in [7, 11) is 0. The lowest BCUT2D eigenvalue weighted by atomic mass is 10.0. The molecule has 0 aliphatic carbocycles. The fourth-order valence-electron chi connectivity index (χ4n) is 2.82. The molecule has 0 saturated carbocycles. The second-order valence-corrected chi connectivity index (χ2v) is 6.53. The van der Waals surface area contributed by atoms with Crippen molar-refractivity contribution >= 4 is 22.6 Å². The van der Waals surface area contributed by atoms with Crippen LogP contribution in [-0.2, 0) is 11.2 Å². The van der Waals surface area contributed by atoms with Crippen molar-refractivity contribution in [3.63, 3.8) is 0 Å². The van der Waals surface area contributed by atoms with Gasteiger partial charge in [-0.1, -0.05) is 38.1 Å². The molecule has 1 unspecified atom stereocenters. The molecular formula is C19H20N4O3. The van der Waals surface area contributed by atoms with Crippen molar-refractivity contribution in [2.24, 2.45) is 5.92 Å². The smallest absolute Gasteiger partial charge is 0.269 e. The molecule has 0 saturated heterocycles. The molecule has 1 atom stereocenters. The normalized spacial score (nSPS) is 12.3. The number of nitro groups is 1. The summed E-state index contributed by atoms with van der Waals surface area (Å²) in [6.45, 7) is 4.04. The molecule has 2 aromatic carbocycles. The molecule has 1 amide bonds. The first-order chi connectivity index (χ1) is 12.4. The molecule has 0 fully saturated rings. The highest BCUT2D eigenvalue weighted by atomic mass is 16.6. The van der Waals surface area contributed by atoms with Gasteiger partial charge in [0, 0.05) is 12.1 Å². The number of amides is 1. The number of imidazole rings is 1. The number of aromatic nitrogens is 2. The van der Waals surface area contributed by atoms with Crippen LogP contribution in [0, 0.1) is 16.0 Å². The predicted octanol–water partition coefficient (Wildman–Crippen LogP) is 3.53. The standard InChI is InChI=1S/C19H20N4O3/c1-12(2)18(19-20-15-5-3-4-6-16(15)21-19)22-17(24)11-13-7-9-14(10-8-13)23(25)26/h3-10,12,18H,11H2,1-2H3,(H,20,21)(H,22,24). The monoisotopic (exact) mass is 352 g/mol. The Morgan fingerprint density at radius 1 is 1.19 bits per heavy atom. The lowest BCUT2D eigenvalue weighted by Gasteiger charge is -2.20. The number of hydrogen-bond acceptors (Lipinski definition) is 4. The maximum Gasteiger partial charge on any atom is 0.269 e. The van der Waals surface area contributed by atoms with E-state index in [1.54, 1.807) is 12.1 Å². The molecule has 1 aromatic heterocycles. The molecular weight excluding hydrogens is 332 g/mol. The molecule has 0 aliphatic heterocycles. The number of carbonyl (C=O) groups excluding carboxylic acids is 1. The van der Waals surface area contributed by atoms with E-state index in [4.69, 9.17) is 0 Å². The first-order valence-corrected chi connectivity index (χ1v) is 8.41. The Bertz CT molecular complexity index is 898. The molecule has 7 heteroatoms. The summed E-state index contributed by atoms with van der Waals surface area (Å²) in [6.07, 6.45) is 0.154. The van der Waals surface area contributed by atoms with Gasteiger partial charge in [0.05, 0.1) is 28.4 Å². The van der Waals surface area contributed by atoms with Crippen LogP contribution in [0.15, 0.2) is 48.5 Å². The van der Waals surface area contributed by atoms with E-state index in [0.717, 1.165) is 22.4 Å². The highest BCUT2D eigenvalue weighted by Gasteiger charge is 2.22. The Morgan fingerprint density at radius 2 is 1.88 bits per heavy atom. The number of para-hydroxylation sites is 2. The Morgan fingerprint density at radius 3 is 2.50 bits per heavy atom. The van der Waals surface area contributed by atoms with Gasteiger partial charge in [-0.15, -0.1) is 0 Å². The van der Waals surface area contributed by atoms with Crippen LogP contribution in [0.1, 0.15) is 31.3 Å². The molecule has 1 heterocycles. The van der Waals surface area contributed by atoms with Crippen LogP contribution in [0.5, 0.6) is 0 Å². The molecule has 3 aromatic rings. The Balaban J connectivity index is 1.73. The zero-order chi connectivity index (χ0) is 18.7. The number of hydrogen-bond donors (Lipinski definition) is 2. The molecule has 0 radical (unpaired) electrons. The lowest BCUT2D eigenvalue weighted by molar-refractivity contribution is -0.384. The van der Waals surface area contributed by atoms with Crippen molar-refractivity contribution in [3.05, 3.63) is 70.0 Å². The van der Waals surface area contributed by atoms with Crippen molar-refractivity contribution in [3.8, 4) is 0 Å². The van der Waals surface area contributed by atoms with Crippen LogP contribution in [0.3, 0.4) is 0 Å². The summed E-state index contributed by atoms with van der Waals surface area (Å²) in [5.74, 6) is 0.715. The van der Waals surface area contributed by atoms with E-state index in [0.29, 0.717) is 0 Å². The third-order valence-electron chi connectivity index (χ3n) is 4.20. The summed E-state index contributed by atoms with van der Waals surface area (Å²) in [5.41, 5.74) is 2.52. The average Bonchev–Trinajstić information content (AvgIpc) is 3.03. The number of H-pyrrole nitrogens is 1. The maximum absolute atomic E-state index is 12.4. The van der Waals surface area contributed by atoms with Crippen molar-refractivity contribution in [1.82, 2.24) is 15.3 Å². The third kappa shape index (κ3) is 3.88. The van der Waals surface area contributed by atoms with Crippen molar-refractivity contribution < 1.29 is 9.72 Å². The first kappa shape index (κ1) is 17.6. The van der Waals surface area contributed by atoms with E-state index in [2.05, 4.69) is 15.3 Å². The maximum atomic E-state index is 12.4. The molecule has 7 nitrogen and oxygen atoms in total. The molecule has 2 N–H and O–H groups in total. The van der Waals surface area contributed by atoms with Crippen molar-refractivity contribution in [1.29, 1.82) is 0 Å². The number of carbonyl (C=O) groups is 1. The molecule has 0 bridgehead atoms. The van der Waals surface area contributed by atoms with E-state index in [1.165, 1.54) is 12.1 Å². The zero-order valence-electron chi connectivity index (χ0n) is 14.6. The highest BCUT2D eigenvalue weighted by molar-refractivity contribution is 5.79. The summed E-state index contributed by atoms with van der Waals surface area (Å²) < 4.78 is 0. The fourth-order valence-corrected chi connectivity index (χ4v) is 2.82. The molecule has 0 aliphatic rings. The van der Waals surface area contributed by atoms with E-state index in [9.17, 15) is 14.9 Å². The van der Waals surface area contributed by atoms with Gasteiger partial charge in [0.15, 0.2) is 0 Å². The van der Waals surface area contributed by atoms with E-state index in [1.807, 2.05) is 38.1 Å². The average molecular weight is 352 g/mol.